The summed E-state index contributed by atoms with van der Waals surface area (Å²) in [5, 5.41) is 10.3. The molecule has 0 saturated carbocycles. The summed E-state index contributed by atoms with van der Waals surface area (Å²) in [6.07, 6.45) is 4.82. The van der Waals surface area contributed by atoms with Crippen LogP contribution in [0, 0.1) is 18.3 Å². The van der Waals surface area contributed by atoms with Gasteiger partial charge in [0.15, 0.2) is 16.5 Å². The SMILES string of the molecule is CCCCc1nc(C#N)c2nc(SC)n(-c3ccc(C)cc3)c2n1. The molecule has 0 aliphatic rings. The Balaban J connectivity index is 2.26. The number of hydrogen-bond donors (Lipinski definition) is 0. The normalized spacial score (nSPS) is 10.9. The van der Waals surface area contributed by atoms with Gasteiger partial charge in [-0.1, -0.05) is 42.8 Å². The first-order chi connectivity index (χ1) is 11.7. The Hall–Kier alpha value is -2.39. The van der Waals surface area contributed by atoms with Gasteiger partial charge >= 0.3 is 0 Å². The number of nitriles is 1. The number of imidazole rings is 1. The number of hydrogen-bond acceptors (Lipinski definition) is 5. The largest absolute Gasteiger partial charge is 0.272 e. The number of thioether (sulfide) groups is 1. The van der Waals surface area contributed by atoms with Crippen LogP contribution in [0.2, 0.25) is 0 Å². The molecule has 2 aromatic heterocycles. The molecule has 0 bridgehead atoms. The van der Waals surface area contributed by atoms with Crippen LogP contribution in [0.25, 0.3) is 16.9 Å². The highest BCUT2D eigenvalue weighted by Crippen LogP contribution is 2.27. The Morgan fingerprint density at radius 1 is 1.17 bits per heavy atom. The zero-order valence-corrected chi connectivity index (χ0v) is 14.9. The van der Waals surface area contributed by atoms with Gasteiger partial charge in [-0.15, -0.1) is 0 Å². The number of unbranched alkanes of at least 4 members (excludes halogenated alkanes) is 1. The summed E-state index contributed by atoms with van der Waals surface area (Å²) in [4.78, 5) is 13.7. The Labute approximate surface area is 145 Å². The van der Waals surface area contributed by atoms with Gasteiger partial charge in [0.25, 0.3) is 0 Å². The lowest BCUT2D eigenvalue weighted by molar-refractivity contribution is 0.752. The van der Waals surface area contributed by atoms with Gasteiger partial charge in [-0.05, 0) is 31.7 Å². The highest BCUT2D eigenvalue weighted by atomic mass is 32.2. The Morgan fingerprint density at radius 2 is 1.92 bits per heavy atom. The van der Waals surface area contributed by atoms with Crippen molar-refractivity contribution < 1.29 is 0 Å². The van der Waals surface area contributed by atoms with Gasteiger partial charge in [0.2, 0.25) is 0 Å². The van der Waals surface area contributed by atoms with Crippen LogP contribution in [0.5, 0.6) is 0 Å². The molecule has 0 aliphatic carbocycles. The first kappa shape index (κ1) is 16.5. The molecule has 6 heteroatoms. The van der Waals surface area contributed by atoms with Crippen LogP contribution in [-0.4, -0.2) is 25.8 Å². The maximum atomic E-state index is 9.47. The molecule has 0 atom stereocenters. The van der Waals surface area contributed by atoms with E-state index in [2.05, 4.69) is 54.2 Å². The van der Waals surface area contributed by atoms with Gasteiger partial charge in [0.05, 0.1) is 0 Å². The minimum absolute atomic E-state index is 0.354. The second kappa shape index (κ2) is 7.02. The second-order valence-corrected chi connectivity index (χ2v) is 6.42. The lowest BCUT2D eigenvalue weighted by Gasteiger charge is -2.08. The van der Waals surface area contributed by atoms with E-state index in [9.17, 15) is 5.26 Å². The minimum atomic E-state index is 0.354. The fourth-order valence-electron chi connectivity index (χ4n) is 2.57. The summed E-state index contributed by atoms with van der Waals surface area (Å²) in [5.41, 5.74) is 3.83. The van der Waals surface area contributed by atoms with E-state index in [1.807, 2.05) is 10.8 Å². The van der Waals surface area contributed by atoms with Crippen LogP contribution in [0.3, 0.4) is 0 Å². The Morgan fingerprint density at radius 3 is 2.54 bits per heavy atom. The summed E-state index contributed by atoms with van der Waals surface area (Å²) in [5.74, 6) is 0.710. The zero-order chi connectivity index (χ0) is 17.1. The third-order valence-electron chi connectivity index (χ3n) is 3.86. The summed E-state index contributed by atoms with van der Waals surface area (Å²) in [6, 6.07) is 10.4. The van der Waals surface area contributed by atoms with Crippen LogP contribution in [0.15, 0.2) is 29.4 Å². The average molecular weight is 337 g/mol. The van der Waals surface area contributed by atoms with Crippen LogP contribution in [0.1, 0.15) is 36.8 Å². The molecule has 24 heavy (non-hydrogen) atoms. The topological polar surface area (TPSA) is 67.4 Å². The van der Waals surface area contributed by atoms with Gasteiger partial charge in [-0.25, -0.2) is 15.0 Å². The van der Waals surface area contributed by atoms with E-state index in [1.54, 1.807) is 0 Å². The molecular weight excluding hydrogens is 318 g/mol. The molecule has 0 N–H and O–H groups in total. The van der Waals surface area contributed by atoms with Crippen LogP contribution >= 0.6 is 11.8 Å². The quantitative estimate of drug-likeness (QED) is 0.657. The van der Waals surface area contributed by atoms with Crippen molar-refractivity contribution in [2.75, 3.05) is 6.26 Å². The van der Waals surface area contributed by atoms with Gasteiger partial charge in [0, 0.05) is 12.1 Å². The number of benzene rings is 1. The number of aryl methyl sites for hydroxylation is 2. The molecule has 3 rings (SSSR count). The van der Waals surface area contributed by atoms with Crippen molar-refractivity contribution in [3.05, 3.63) is 41.3 Å². The molecule has 122 valence electrons. The first-order valence-electron chi connectivity index (χ1n) is 7.98. The Kier molecular flexibility index (Phi) is 4.81. The number of rotatable bonds is 5. The predicted molar refractivity (Wildman–Crippen MR) is 96.5 cm³/mol. The highest BCUT2D eigenvalue weighted by molar-refractivity contribution is 7.98. The van der Waals surface area contributed by atoms with E-state index >= 15 is 0 Å². The van der Waals surface area contributed by atoms with E-state index in [4.69, 9.17) is 4.98 Å². The molecule has 1 aromatic carbocycles. The van der Waals surface area contributed by atoms with E-state index < -0.39 is 0 Å². The van der Waals surface area contributed by atoms with Crippen molar-refractivity contribution in [1.82, 2.24) is 19.5 Å². The van der Waals surface area contributed by atoms with Gasteiger partial charge in [-0.3, -0.25) is 4.57 Å². The standard InChI is InChI=1S/C18H19N5S/c1-4-5-6-15-20-14(11-19)16-17(21-15)23(18(22-16)24-3)13-9-7-12(2)8-10-13/h7-10H,4-6H2,1-3H3. The molecule has 0 amide bonds. The summed E-state index contributed by atoms with van der Waals surface area (Å²) < 4.78 is 2.01. The van der Waals surface area contributed by atoms with Crippen molar-refractivity contribution in [2.24, 2.45) is 0 Å². The molecule has 0 unspecified atom stereocenters. The fraction of sp³-hybridized carbons (Fsp3) is 0.333. The molecule has 0 spiro atoms. The number of fused-ring (bicyclic) bond motifs is 1. The molecule has 0 saturated heterocycles. The third kappa shape index (κ3) is 3.00. The smallest absolute Gasteiger partial charge is 0.174 e. The number of nitrogens with zero attached hydrogens (tertiary/aromatic N) is 5. The number of aromatic nitrogens is 4. The maximum Gasteiger partial charge on any atom is 0.174 e. The van der Waals surface area contributed by atoms with Gasteiger partial charge in [-0.2, -0.15) is 5.26 Å². The minimum Gasteiger partial charge on any atom is -0.272 e. The van der Waals surface area contributed by atoms with Crippen LogP contribution < -0.4 is 0 Å². The molecule has 0 radical (unpaired) electrons. The van der Waals surface area contributed by atoms with Gasteiger partial charge < -0.3 is 0 Å². The third-order valence-corrected chi connectivity index (χ3v) is 4.50. The zero-order valence-electron chi connectivity index (χ0n) is 14.1. The summed E-state index contributed by atoms with van der Waals surface area (Å²) in [6.45, 7) is 4.19. The summed E-state index contributed by atoms with van der Waals surface area (Å²) in [7, 11) is 0. The molecule has 0 fully saturated rings. The van der Waals surface area contributed by atoms with Crippen molar-refractivity contribution >= 4 is 22.9 Å². The van der Waals surface area contributed by atoms with Crippen LogP contribution in [-0.2, 0) is 6.42 Å². The van der Waals surface area contributed by atoms with Crippen molar-refractivity contribution in [3.8, 4) is 11.8 Å². The molecule has 5 nitrogen and oxygen atoms in total. The van der Waals surface area contributed by atoms with E-state index in [0.717, 1.165) is 30.1 Å². The van der Waals surface area contributed by atoms with Gasteiger partial charge in [0.1, 0.15) is 17.4 Å². The maximum absolute atomic E-state index is 9.47. The molecule has 0 aliphatic heterocycles. The molecule has 2 heterocycles. The van der Waals surface area contributed by atoms with E-state index in [0.29, 0.717) is 22.7 Å². The monoisotopic (exact) mass is 337 g/mol. The van der Waals surface area contributed by atoms with Crippen molar-refractivity contribution in [1.29, 1.82) is 5.26 Å². The predicted octanol–water partition coefficient (Wildman–Crippen LogP) is 4.06. The van der Waals surface area contributed by atoms with E-state index in [1.165, 1.54) is 17.3 Å². The first-order valence-corrected chi connectivity index (χ1v) is 9.21. The second-order valence-electron chi connectivity index (χ2n) is 5.65. The molecule has 3 aromatic rings. The fourth-order valence-corrected chi connectivity index (χ4v) is 3.13. The van der Waals surface area contributed by atoms with E-state index in [-0.39, 0.29) is 0 Å². The van der Waals surface area contributed by atoms with Crippen molar-refractivity contribution in [3.63, 3.8) is 0 Å². The lowest BCUT2D eigenvalue weighted by Crippen LogP contribution is -2.03. The molecular formula is C18H19N5S. The van der Waals surface area contributed by atoms with Crippen LogP contribution in [0.4, 0.5) is 0 Å². The highest BCUT2D eigenvalue weighted by Gasteiger charge is 2.18. The lowest BCUT2D eigenvalue weighted by atomic mass is 10.2. The van der Waals surface area contributed by atoms with Crippen molar-refractivity contribution in [2.45, 2.75) is 38.3 Å². The Bertz CT molecular complexity index is 906. The summed E-state index contributed by atoms with van der Waals surface area (Å²) >= 11 is 1.54. The average Bonchev–Trinajstić information content (AvgIpc) is 2.98.